The monoisotopic (exact) mass is 266 g/mol. The Hall–Kier alpha value is -0.760. The lowest BCUT2D eigenvalue weighted by molar-refractivity contribution is 0.414. The topological polar surface area (TPSA) is 9.23 Å². The Morgan fingerprint density at radius 3 is 2.93 bits per heavy atom. The number of halogens is 1. The van der Waals surface area contributed by atoms with Gasteiger partial charge < -0.3 is 4.74 Å². The highest BCUT2D eigenvalue weighted by molar-refractivity contribution is 9.09. The zero-order chi connectivity index (χ0) is 10.7. The lowest BCUT2D eigenvalue weighted by atomic mass is 9.91. The van der Waals surface area contributed by atoms with Gasteiger partial charge in [-0.25, -0.2) is 0 Å². The molecule has 0 fully saturated rings. The highest BCUT2D eigenvalue weighted by atomic mass is 79.9. The van der Waals surface area contributed by atoms with Crippen molar-refractivity contribution in [3.05, 3.63) is 34.9 Å². The summed E-state index contributed by atoms with van der Waals surface area (Å²) in [5, 5.41) is 1.06. The molecule has 0 saturated carbocycles. The molecule has 0 N–H and O–H groups in total. The Morgan fingerprint density at radius 1 is 1.33 bits per heavy atom. The van der Waals surface area contributed by atoms with E-state index >= 15 is 0 Å². The first kappa shape index (κ1) is 10.7. The molecule has 1 aliphatic carbocycles. The predicted octanol–water partition coefficient (Wildman–Crippen LogP) is 3.81. The molecule has 0 saturated heterocycles. The van der Waals surface area contributed by atoms with Crippen LogP contribution in [0.3, 0.4) is 0 Å². The van der Waals surface area contributed by atoms with Crippen molar-refractivity contribution >= 4 is 22.0 Å². The fourth-order valence-electron chi connectivity index (χ4n) is 1.97. The largest absolute Gasteiger partial charge is 0.497 e. The minimum atomic E-state index is 0.964. The van der Waals surface area contributed by atoms with E-state index in [9.17, 15) is 0 Å². The Balaban J connectivity index is 2.27. The molecule has 0 atom stereocenters. The summed E-state index contributed by atoms with van der Waals surface area (Å²) >= 11 is 3.49. The second-order valence-corrected chi connectivity index (χ2v) is 4.60. The lowest BCUT2D eigenvalue weighted by Gasteiger charge is -2.16. The molecule has 1 aromatic carbocycles. The number of methoxy groups -OCH3 is 1. The highest BCUT2D eigenvalue weighted by Gasteiger charge is 2.10. The van der Waals surface area contributed by atoms with Crippen LogP contribution in [-0.4, -0.2) is 12.4 Å². The van der Waals surface area contributed by atoms with Crippen molar-refractivity contribution in [2.24, 2.45) is 0 Å². The van der Waals surface area contributed by atoms with Gasteiger partial charge in [0.15, 0.2) is 0 Å². The van der Waals surface area contributed by atoms with Crippen molar-refractivity contribution < 1.29 is 4.74 Å². The Kier molecular flexibility index (Phi) is 3.47. The van der Waals surface area contributed by atoms with Crippen LogP contribution >= 0.6 is 15.9 Å². The fourth-order valence-corrected chi connectivity index (χ4v) is 2.48. The summed E-state index contributed by atoms with van der Waals surface area (Å²) in [7, 11) is 1.72. The van der Waals surface area contributed by atoms with Crippen molar-refractivity contribution in [2.75, 3.05) is 12.4 Å². The standard InChI is InChI=1S/C13H15BrO/c1-15-13-5-4-11-8-10(6-7-14)2-3-12(11)9-13/h4-5,8-9H,2-3,6-7H2,1H3. The zero-order valence-electron chi connectivity index (χ0n) is 8.92. The molecule has 0 amide bonds. The molecule has 80 valence electrons. The summed E-state index contributed by atoms with van der Waals surface area (Å²) in [6.07, 6.45) is 5.81. The molecular weight excluding hydrogens is 252 g/mol. The first-order valence-electron chi connectivity index (χ1n) is 5.26. The third kappa shape index (κ3) is 2.43. The summed E-state index contributed by atoms with van der Waals surface area (Å²) in [4.78, 5) is 0. The summed E-state index contributed by atoms with van der Waals surface area (Å²) in [6, 6.07) is 6.34. The third-order valence-corrected chi connectivity index (χ3v) is 3.24. The van der Waals surface area contributed by atoms with Crippen LogP contribution in [0.25, 0.3) is 6.08 Å². The van der Waals surface area contributed by atoms with Crippen LogP contribution in [-0.2, 0) is 6.42 Å². The maximum absolute atomic E-state index is 5.23. The predicted molar refractivity (Wildman–Crippen MR) is 67.7 cm³/mol. The molecule has 0 bridgehead atoms. The van der Waals surface area contributed by atoms with E-state index in [1.807, 2.05) is 6.07 Å². The summed E-state index contributed by atoms with van der Waals surface area (Å²) in [6.45, 7) is 0. The van der Waals surface area contributed by atoms with Gasteiger partial charge in [-0.15, -0.1) is 0 Å². The molecule has 0 heterocycles. The summed E-state index contributed by atoms with van der Waals surface area (Å²) in [5.74, 6) is 0.964. The van der Waals surface area contributed by atoms with E-state index in [1.54, 1.807) is 12.7 Å². The van der Waals surface area contributed by atoms with Crippen LogP contribution in [0, 0.1) is 0 Å². The normalized spacial score (nSPS) is 14.4. The van der Waals surface area contributed by atoms with E-state index in [1.165, 1.54) is 17.5 Å². The maximum atomic E-state index is 5.23. The maximum Gasteiger partial charge on any atom is 0.119 e. The van der Waals surface area contributed by atoms with Gasteiger partial charge in [-0.2, -0.15) is 0 Å². The minimum absolute atomic E-state index is 0.964. The van der Waals surface area contributed by atoms with Crippen LogP contribution in [0.5, 0.6) is 5.75 Å². The van der Waals surface area contributed by atoms with E-state index in [0.717, 1.165) is 23.9 Å². The van der Waals surface area contributed by atoms with Crippen LogP contribution < -0.4 is 4.74 Å². The van der Waals surface area contributed by atoms with Gasteiger partial charge in [-0.1, -0.05) is 33.6 Å². The van der Waals surface area contributed by atoms with Gasteiger partial charge in [0.25, 0.3) is 0 Å². The molecule has 1 nitrogen and oxygen atoms in total. The molecule has 1 aliphatic rings. The van der Waals surface area contributed by atoms with Gasteiger partial charge in [-0.3, -0.25) is 0 Å². The van der Waals surface area contributed by atoms with Crippen molar-refractivity contribution in [1.82, 2.24) is 0 Å². The van der Waals surface area contributed by atoms with Gasteiger partial charge in [-0.05, 0) is 42.5 Å². The fraction of sp³-hybridized carbons (Fsp3) is 0.385. The molecule has 0 unspecified atom stereocenters. The molecular formula is C13H15BrO. The van der Waals surface area contributed by atoms with Gasteiger partial charge in [0.1, 0.15) is 5.75 Å². The van der Waals surface area contributed by atoms with Crippen molar-refractivity contribution in [3.63, 3.8) is 0 Å². The van der Waals surface area contributed by atoms with Gasteiger partial charge >= 0.3 is 0 Å². The van der Waals surface area contributed by atoms with E-state index < -0.39 is 0 Å². The molecule has 2 heteroatoms. The Morgan fingerprint density at radius 2 is 2.20 bits per heavy atom. The van der Waals surface area contributed by atoms with Crippen molar-refractivity contribution in [3.8, 4) is 5.75 Å². The molecule has 0 spiro atoms. The molecule has 0 aromatic heterocycles. The number of rotatable bonds is 3. The lowest BCUT2D eigenvalue weighted by Crippen LogP contribution is -2.00. The van der Waals surface area contributed by atoms with Crippen LogP contribution in [0.15, 0.2) is 23.8 Å². The second kappa shape index (κ2) is 4.84. The van der Waals surface area contributed by atoms with Crippen LogP contribution in [0.2, 0.25) is 0 Å². The number of hydrogen-bond acceptors (Lipinski definition) is 1. The second-order valence-electron chi connectivity index (χ2n) is 3.81. The quantitative estimate of drug-likeness (QED) is 0.757. The van der Waals surface area contributed by atoms with Crippen LogP contribution in [0.4, 0.5) is 0 Å². The smallest absolute Gasteiger partial charge is 0.119 e. The number of alkyl halides is 1. The van der Waals surface area contributed by atoms with Crippen molar-refractivity contribution in [2.45, 2.75) is 19.3 Å². The van der Waals surface area contributed by atoms with E-state index in [0.29, 0.717) is 0 Å². The first-order valence-corrected chi connectivity index (χ1v) is 6.38. The Labute approximate surface area is 99.3 Å². The SMILES string of the molecule is COc1ccc2c(c1)CCC(CCBr)=C2. The zero-order valence-corrected chi connectivity index (χ0v) is 10.5. The number of aryl methyl sites for hydroxylation is 1. The summed E-state index contributed by atoms with van der Waals surface area (Å²) < 4.78 is 5.23. The highest BCUT2D eigenvalue weighted by Crippen LogP contribution is 2.28. The molecule has 0 radical (unpaired) electrons. The molecule has 0 aliphatic heterocycles. The third-order valence-electron chi connectivity index (χ3n) is 2.84. The summed E-state index contributed by atoms with van der Waals surface area (Å²) in [5.41, 5.74) is 4.32. The number of ether oxygens (including phenoxy) is 1. The number of allylic oxidation sites excluding steroid dienone is 1. The first-order chi connectivity index (χ1) is 7.33. The number of fused-ring (bicyclic) bond motifs is 1. The molecule has 2 rings (SSSR count). The Bertz CT molecular complexity index is 382. The van der Waals surface area contributed by atoms with Crippen molar-refractivity contribution in [1.29, 1.82) is 0 Å². The van der Waals surface area contributed by atoms with E-state index in [-0.39, 0.29) is 0 Å². The average molecular weight is 267 g/mol. The van der Waals surface area contributed by atoms with E-state index in [4.69, 9.17) is 4.74 Å². The van der Waals surface area contributed by atoms with Crippen LogP contribution in [0.1, 0.15) is 24.0 Å². The van der Waals surface area contributed by atoms with E-state index in [2.05, 4.69) is 34.1 Å². The minimum Gasteiger partial charge on any atom is -0.497 e. The van der Waals surface area contributed by atoms with Gasteiger partial charge in [0.05, 0.1) is 7.11 Å². The molecule has 1 aromatic rings. The van der Waals surface area contributed by atoms with Gasteiger partial charge in [0.2, 0.25) is 0 Å². The number of hydrogen-bond donors (Lipinski definition) is 0. The van der Waals surface area contributed by atoms with Gasteiger partial charge in [0, 0.05) is 5.33 Å². The average Bonchev–Trinajstić information content (AvgIpc) is 2.29. The molecule has 15 heavy (non-hydrogen) atoms. The number of benzene rings is 1.